The molecule has 5 N–H and O–H groups in total. The van der Waals surface area contributed by atoms with Crippen LogP contribution in [0.1, 0.15) is 30.1 Å². The van der Waals surface area contributed by atoms with Gasteiger partial charge in [0.15, 0.2) is 0 Å². The van der Waals surface area contributed by atoms with E-state index in [9.17, 15) is 4.79 Å². The molecule has 5 nitrogen and oxygen atoms in total. The molecule has 0 aliphatic rings. The highest BCUT2D eigenvalue weighted by atomic mass is 16.1. The maximum Gasteiger partial charge on any atom is 0.252 e. The number of nitrogens with one attached hydrogen (secondary N) is 1. The Morgan fingerprint density at radius 2 is 2.38 bits per heavy atom. The van der Waals surface area contributed by atoms with Gasteiger partial charge in [0.1, 0.15) is 5.82 Å². The molecule has 5 heteroatoms. The van der Waals surface area contributed by atoms with Crippen molar-refractivity contribution in [3.8, 4) is 0 Å². The van der Waals surface area contributed by atoms with E-state index in [2.05, 4.69) is 10.3 Å². The van der Waals surface area contributed by atoms with Gasteiger partial charge in [0.2, 0.25) is 0 Å². The van der Waals surface area contributed by atoms with Crippen molar-refractivity contribution in [3.63, 3.8) is 0 Å². The highest BCUT2D eigenvalue weighted by Gasteiger charge is 2.07. The summed E-state index contributed by atoms with van der Waals surface area (Å²) in [5.74, 6) is 0.0717. The number of pyridine rings is 1. The molecule has 1 aromatic rings. The van der Waals surface area contributed by atoms with Crippen LogP contribution >= 0.6 is 0 Å². The number of hydrogen-bond donors (Lipinski definition) is 3. The van der Waals surface area contributed by atoms with Crippen LogP contribution in [-0.2, 0) is 0 Å². The lowest BCUT2D eigenvalue weighted by molar-refractivity contribution is 0.100. The van der Waals surface area contributed by atoms with Crippen LogP contribution < -0.4 is 16.8 Å². The second kappa shape index (κ2) is 6.07. The summed E-state index contributed by atoms with van der Waals surface area (Å²) >= 11 is 0. The number of nitrogens with two attached hydrogens (primary N) is 2. The fraction of sp³-hybridized carbons (Fsp3) is 0.455. The molecule has 0 saturated carbocycles. The van der Waals surface area contributed by atoms with Crippen LogP contribution in [0.15, 0.2) is 18.3 Å². The molecule has 0 fully saturated rings. The molecule has 1 unspecified atom stereocenters. The van der Waals surface area contributed by atoms with Crippen LogP contribution in [0.2, 0.25) is 0 Å². The van der Waals surface area contributed by atoms with Gasteiger partial charge >= 0.3 is 0 Å². The maximum absolute atomic E-state index is 11.1. The molecule has 0 radical (unpaired) electrons. The van der Waals surface area contributed by atoms with E-state index in [0.717, 1.165) is 19.4 Å². The Balaban J connectivity index is 2.50. The summed E-state index contributed by atoms with van der Waals surface area (Å²) in [5.41, 5.74) is 11.3. The Kier molecular flexibility index (Phi) is 4.72. The van der Waals surface area contributed by atoms with Gasteiger partial charge in [-0.25, -0.2) is 4.98 Å². The standard InChI is InChI=1S/C11H18N4O/c1-8(12)4-2-6-14-11-9(10(13)16)5-3-7-15-11/h3,5,7-8H,2,4,6,12H2,1H3,(H2,13,16)(H,14,15). The van der Waals surface area contributed by atoms with Crippen molar-refractivity contribution in [2.45, 2.75) is 25.8 Å². The first-order chi connectivity index (χ1) is 7.61. The van der Waals surface area contributed by atoms with Gasteiger partial charge in [-0.05, 0) is 31.9 Å². The fourth-order valence-corrected chi connectivity index (χ4v) is 1.38. The second-order valence-corrected chi connectivity index (χ2v) is 3.81. The minimum Gasteiger partial charge on any atom is -0.369 e. The van der Waals surface area contributed by atoms with Crippen molar-refractivity contribution in [3.05, 3.63) is 23.9 Å². The average molecular weight is 222 g/mol. The number of anilines is 1. The van der Waals surface area contributed by atoms with Gasteiger partial charge < -0.3 is 16.8 Å². The number of rotatable bonds is 6. The largest absolute Gasteiger partial charge is 0.369 e. The van der Waals surface area contributed by atoms with Crippen LogP contribution in [0.25, 0.3) is 0 Å². The zero-order chi connectivity index (χ0) is 12.0. The van der Waals surface area contributed by atoms with Crippen molar-refractivity contribution in [2.24, 2.45) is 11.5 Å². The van der Waals surface area contributed by atoms with Crippen LogP contribution in [0.3, 0.4) is 0 Å². The number of amides is 1. The summed E-state index contributed by atoms with van der Waals surface area (Å²) in [7, 11) is 0. The molecule has 0 bridgehead atoms. The first-order valence-corrected chi connectivity index (χ1v) is 5.35. The van der Waals surface area contributed by atoms with E-state index >= 15 is 0 Å². The van der Waals surface area contributed by atoms with E-state index < -0.39 is 5.91 Å². The van der Waals surface area contributed by atoms with Crippen molar-refractivity contribution >= 4 is 11.7 Å². The lowest BCUT2D eigenvalue weighted by Gasteiger charge is -2.09. The Labute approximate surface area is 95.2 Å². The van der Waals surface area contributed by atoms with Gasteiger partial charge in [0, 0.05) is 18.8 Å². The molecule has 16 heavy (non-hydrogen) atoms. The monoisotopic (exact) mass is 222 g/mol. The van der Waals surface area contributed by atoms with Crippen molar-refractivity contribution < 1.29 is 4.79 Å². The molecule has 0 aliphatic carbocycles. The van der Waals surface area contributed by atoms with Gasteiger partial charge in [-0.1, -0.05) is 0 Å². The van der Waals surface area contributed by atoms with E-state index in [-0.39, 0.29) is 6.04 Å². The second-order valence-electron chi connectivity index (χ2n) is 3.81. The molecule has 0 spiro atoms. The first kappa shape index (κ1) is 12.4. The molecule has 1 heterocycles. The third-order valence-electron chi connectivity index (χ3n) is 2.20. The van der Waals surface area contributed by atoms with Crippen LogP contribution in [-0.4, -0.2) is 23.5 Å². The summed E-state index contributed by atoms with van der Waals surface area (Å²) in [4.78, 5) is 15.2. The summed E-state index contributed by atoms with van der Waals surface area (Å²) in [6.07, 6.45) is 3.50. The lowest BCUT2D eigenvalue weighted by Crippen LogP contribution is -2.18. The fourth-order valence-electron chi connectivity index (χ4n) is 1.38. The molecular formula is C11H18N4O. The number of carbonyl (C=O) groups excluding carboxylic acids is 1. The zero-order valence-corrected chi connectivity index (χ0v) is 9.44. The van der Waals surface area contributed by atoms with E-state index in [0.29, 0.717) is 11.4 Å². The average Bonchev–Trinajstić information content (AvgIpc) is 2.24. The Morgan fingerprint density at radius 3 is 3.00 bits per heavy atom. The van der Waals surface area contributed by atoms with E-state index in [1.807, 2.05) is 6.92 Å². The third kappa shape index (κ3) is 3.86. The number of hydrogen-bond acceptors (Lipinski definition) is 4. The van der Waals surface area contributed by atoms with E-state index in [1.54, 1.807) is 18.3 Å². The van der Waals surface area contributed by atoms with Gasteiger partial charge in [-0.3, -0.25) is 4.79 Å². The summed E-state index contributed by atoms with van der Waals surface area (Å²) in [6.45, 7) is 2.70. The molecule has 0 saturated heterocycles. The normalized spacial score (nSPS) is 12.1. The van der Waals surface area contributed by atoms with Crippen molar-refractivity contribution in [1.29, 1.82) is 0 Å². The van der Waals surface area contributed by atoms with Crippen LogP contribution in [0.4, 0.5) is 5.82 Å². The third-order valence-corrected chi connectivity index (χ3v) is 2.20. The van der Waals surface area contributed by atoms with Crippen LogP contribution in [0, 0.1) is 0 Å². The molecule has 1 rings (SSSR count). The molecular weight excluding hydrogens is 204 g/mol. The highest BCUT2D eigenvalue weighted by Crippen LogP contribution is 2.10. The molecule has 1 amide bonds. The van der Waals surface area contributed by atoms with Gasteiger partial charge in [-0.15, -0.1) is 0 Å². The number of nitrogens with zero attached hydrogens (tertiary/aromatic N) is 1. The van der Waals surface area contributed by atoms with Crippen molar-refractivity contribution in [1.82, 2.24) is 4.98 Å². The van der Waals surface area contributed by atoms with Gasteiger partial charge in [0.05, 0.1) is 5.56 Å². The first-order valence-electron chi connectivity index (χ1n) is 5.35. The summed E-state index contributed by atoms with van der Waals surface area (Å²) < 4.78 is 0. The van der Waals surface area contributed by atoms with E-state index in [4.69, 9.17) is 11.5 Å². The highest BCUT2D eigenvalue weighted by molar-refractivity contribution is 5.97. The smallest absolute Gasteiger partial charge is 0.252 e. The zero-order valence-electron chi connectivity index (χ0n) is 9.44. The minimum absolute atomic E-state index is 0.196. The summed E-state index contributed by atoms with van der Waals surface area (Å²) in [5, 5.41) is 3.08. The topological polar surface area (TPSA) is 94.0 Å². The maximum atomic E-state index is 11.1. The van der Waals surface area contributed by atoms with E-state index in [1.165, 1.54) is 0 Å². The predicted molar refractivity (Wildman–Crippen MR) is 64.1 cm³/mol. The Morgan fingerprint density at radius 1 is 1.62 bits per heavy atom. The molecule has 0 aromatic carbocycles. The lowest BCUT2D eigenvalue weighted by atomic mass is 10.2. The molecule has 1 atom stereocenters. The number of aromatic nitrogens is 1. The van der Waals surface area contributed by atoms with Crippen LogP contribution in [0.5, 0.6) is 0 Å². The molecule has 88 valence electrons. The Hall–Kier alpha value is -1.62. The molecule has 1 aromatic heterocycles. The Bertz CT molecular complexity index is 352. The summed E-state index contributed by atoms with van der Waals surface area (Å²) in [6, 6.07) is 3.54. The molecule has 0 aliphatic heterocycles. The number of primary amides is 1. The van der Waals surface area contributed by atoms with Gasteiger partial charge in [-0.2, -0.15) is 0 Å². The SMILES string of the molecule is CC(N)CCCNc1ncccc1C(N)=O. The van der Waals surface area contributed by atoms with Gasteiger partial charge in [0.25, 0.3) is 5.91 Å². The predicted octanol–water partition coefficient (Wildman–Crippen LogP) is 0.720. The number of carbonyl (C=O) groups is 1. The van der Waals surface area contributed by atoms with Crippen molar-refractivity contribution in [2.75, 3.05) is 11.9 Å². The quantitative estimate of drug-likeness (QED) is 0.618. The minimum atomic E-state index is -0.470.